The summed E-state index contributed by atoms with van der Waals surface area (Å²) in [6.45, 7) is 2.94. The molecule has 0 radical (unpaired) electrons. The van der Waals surface area contributed by atoms with Crippen LogP contribution in [0.25, 0.3) is 0 Å². The number of fused-ring (bicyclic) bond motifs is 1. The van der Waals surface area contributed by atoms with E-state index in [0.29, 0.717) is 12.0 Å². The van der Waals surface area contributed by atoms with Gasteiger partial charge in [-0.05, 0) is 38.4 Å². The Hall–Kier alpha value is -1.26. The molecule has 2 aliphatic rings. The molecule has 2 unspecified atom stereocenters. The standard InChI is InChI=1S/C16H25N3O/c1-18-7-6-13-14(18)5-4-12(16(13)20-3)15-8-11(9-17)10-19(15)2/h4-5,11,15H,6-10,17H2,1-3H3. The summed E-state index contributed by atoms with van der Waals surface area (Å²) < 4.78 is 5.78. The molecule has 0 amide bonds. The van der Waals surface area contributed by atoms with Crippen LogP contribution in [0.4, 0.5) is 5.69 Å². The van der Waals surface area contributed by atoms with E-state index in [1.807, 2.05) is 0 Å². The highest BCUT2D eigenvalue weighted by molar-refractivity contribution is 5.65. The molecule has 2 heterocycles. The van der Waals surface area contributed by atoms with Gasteiger partial charge in [-0.3, -0.25) is 4.90 Å². The zero-order chi connectivity index (χ0) is 14.3. The minimum absolute atomic E-state index is 0.440. The lowest BCUT2D eigenvalue weighted by atomic mass is 9.96. The molecule has 0 bridgehead atoms. The monoisotopic (exact) mass is 275 g/mol. The first-order valence-electron chi connectivity index (χ1n) is 7.47. The Morgan fingerprint density at radius 3 is 2.80 bits per heavy atom. The van der Waals surface area contributed by atoms with Crippen molar-refractivity contribution in [3.8, 4) is 5.75 Å². The Morgan fingerprint density at radius 2 is 2.15 bits per heavy atom. The maximum atomic E-state index is 5.85. The highest BCUT2D eigenvalue weighted by atomic mass is 16.5. The van der Waals surface area contributed by atoms with Crippen molar-refractivity contribution in [3.05, 3.63) is 23.3 Å². The molecule has 4 heteroatoms. The third-order valence-corrected chi connectivity index (χ3v) is 4.91. The van der Waals surface area contributed by atoms with Gasteiger partial charge < -0.3 is 15.4 Å². The Balaban J connectivity index is 1.98. The van der Waals surface area contributed by atoms with E-state index in [1.54, 1.807) is 7.11 Å². The molecule has 1 saturated heterocycles. The van der Waals surface area contributed by atoms with Crippen LogP contribution in [0.1, 0.15) is 23.6 Å². The zero-order valence-corrected chi connectivity index (χ0v) is 12.7. The van der Waals surface area contributed by atoms with Crippen LogP contribution < -0.4 is 15.4 Å². The molecule has 0 aromatic heterocycles. The summed E-state index contributed by atoms with van der Waals surface area (Å²) in [6, 6.07) is 4.94. The van der Waals surface area contributed by atoms with Gasteiger partial charge in [-0.15, -0.1) is 0 Å². The Labute approximate surface area is 121 Å². The van der Waals surface area contributed by atoms with Gasteiger partial charge >= 0.3 is 0 Å². The van der Waals surface area contributed by atoms with Gasteiger partial charge in [-0.2, -0.15) is 0 Å². The van der Waals surface area contributed by atoms with Crippen LogP contribution >= 0.6 is 0 Å². The van der Waals surface area contributed by atoms with Crippen molar-refractivity contribution in [2.24, 2.45) is 11.7 Å². The van der Waals surface area contributed by atoms with E-state index in [0.717, 1.165) is 38.2 Å². The highest BCUT2D eigenvalue weighted by Gasteiger charge is 2.33. The minimum atomic E-state index is 0.440. The Morgan fingerprint density at radius 1 is 1.35 bits per heavy atom. The molecular formula is C16H25N3O. The second kappa shape index (κ2) is 5.26. The second-order valence-electron chi connectivity index (χ2n) is 6.15. The maximum absolute atomic E-state index is 5.85. The number of nitrogens with zero attached hydrogens (tertiary/aromatic N) is 2. The van der Waals surface area contributed by atoms with E-state index < -0.39 is 0 Å². The molecule has 2 atom stereocenters. The molecular weight excluding hydrogens is 250 g/mol. The summed E-state index contributed by atoms with van der Waals surface area (Å²) >= 11 is 0. The fourth-order valence-electron chi connectivity index (χ4n) is 3.78. The first-order valence-corrected chi connectivity index (χ1v) is 7.47. The topological polar surface area (TPSA) is 41.7 Å². The number of nitrogens with two attached hydrogens (primary N) is 1. The third-order valence-electron chi connectivity index (χ3n) is 4.91. The summed E-state index contributed by atoms with van der Waals surface area (Å²) in [7, 11) is 6.14. The summed E-state index contributed by atoms with van der Waals surface area (Å²) in [5, 5.41) is 0. The van der Waals surface area contributed by atoms with Crippen LogP contribution in [0.3, 0.4) is 0 Å². The molecule has 3 rings (SSSR count). The molecule has 0 saturated carbocycles. The van der Waals surface area contributed by atoms with Crippen molar-refractivity contribution < 1.29 is 4.74 Å². The molecule has 20 heavy (non-hydrogen) atoms. The number of likely N-dealkylation sites (tertiary alicyclic amines) is 1. The van der Waals surface area contributed by atoms with E-state index in [2.05, 4.69) is 36.0 Å². The smallest absolute Gasteiger partial charge is 0.128 e. The first-order chi connectivity index (χ1) is 9.65. The van der Waals surface area contributed by atoms with Gasteiger partial charge in [-0.1, -0.05) is 6.07 Å². The number of hydrogen-bond acceptors (Lipinski definition) is 4. The summed E-state index contributed by atoms with van der Waals surface area (Å²) in [5.41, 5.74) is 9.88. The number of ether oxygens (including phenoxy) is 1. The molecule has 0 aliphatic carbocycles. The Kier molecular flexibility index (Phi) is 3.61. The van der Waals surface area contributed by atoms with Crippen LogP contribution in [0.5, 0.6) is 5.75 Å². The van der Waals surface area contributed by atoms with Gasteiger partial charge in [-0.25, -0.2) is 0 Å². The summed E-state index contributed by atoms with van der Waals surface area (Å²) in [5.74, 6) is 1.70. The van der Waals surface area contributed by atoms with E-state index in [-0.39, 0.29) is 0 Å². The number of methoxy groups -OCH3 is 1. The van der Waals surface area contributed by atoms with E-state index in [4.69, 9.17) is 10.5 Å². The van der Waals surface area contributed by atoms with Crippen molar-refractivity contribution in [1.82, 2.24) is 4.90 Å². The normalized spacial score (nSPS) is 26.1. The van der Waals surface area contributed by atoms with Crippen LogP contribution in [0.2, 0.25) is 0 Å². The highest BCUT2D eigenvalue weighted by Crippen LogP contribution is 2.44. The lowest BCUT2D eigenvalue weighted by Crippen LogP contribution is -2.21. The van der Waals surface area contributed by atoms with Crippen molar-refractivity contribution in [1.29, 1.82) is 0 Å². The number of rotatable bonds is 3. The zero-order valence-electron chi connectivity index (χ0n) is 12.7. The summed E-state index contributed by atoms with van der Waals surface area (Å²) in [4.78, 5) is 4.73. The fraction of sp³-hybridized carbons (Fsp3) is 0.625. The lowest BCUT2D eigenvalue weighted by Gasteiger charge is -2.24. The van der Waals surface area contributed by atoms with Crippen LogP contribution in [0.15, 0.2) is 12.1 Å². The summed E-state index contributed by atoms with van der Waals surface area (Å²) in [6.07, 6.45) is 2.22. The third kappa shape index (κ3) is 2.07. The molecule has 2 aliphatic heterocycles. The fourth-order valence-corrected chi connectivity index (χ4v) is 3.78. The van der Waals surface area contributed by atoms with Crippen LogP contribution in [-0.4, -0.2) is 45.7 Å². The Bertz CT molecular complexity index is 503. The molecule has 2 N–H and O–H groups in total. The van der Waals surface area contributed by atoms with Gasteiger partial charge in [0, 0.05) is 43.0 Å². The molecule has 0 spiro atoms. The van der Waals surface area contributed by atoms with Crippen molar-refractivity contribution in [2.45, 2.75) is 18.9 Å². The van der Waals surface area contributed by atoms with E-state index in [9.17, 15) is 0 Å². The van der Waals surface area contributed by atoms with Gasteiger partial charge in [0.1, 0.15) is 5.75 Å². The second-order valence-corrected chi connectivity index (χ2v) is 6.15. The van der Waals surface area contributed by atoms with Crippen molar-refractivity contribution >= 4 is 5.69 Å². The van der Waals surface area contributed by atoms with Gasteiger partial charge in [0.05, 0.1) is 7.11 Å². The predicted octanol–water partition coefficient (Wildman–Crippen LogP) is 1.64. The molecule has 1 fully saturated rings. The molecule has 4 nitrogen and oxygen atoms in total. The number of hydrogen-bond donors (Lipinski definition) is 1. The van der Waals surface area contributed by atoms with Crippen LogP contribution in [0, 0.1) is 5.92 Å². The first kappa shape index (κ1) is 13.7. The maximum Gasteiger partial charge on any atom is 0.128 e. The van der Waals surface area contributed by atoms with E-state index in [1.165, 1.54) is 16.8 Å². The van der Waals surface area contributed by atoms with Gasteiger partial charge in [0.2, 0.25) is 0 Å². The average Bonchev–Trinajstić information content (AvgIpc) is 3.01. The van der Waals surface area contributed by atoms with Crippen molar-refractivity contribution in [3.63, 3.8) is 0 Å². The lowest BCUT2D eigenvalue weighted by molar-refractivity contribution is 0.302. The van der Waals surface area contributed by atoms with Gasteiger partial charge in [0.15, 0.2) is 0 Å². The van der Waals surface area contributed by atoms with E-state index >= 15 is 0 Å². The van der Waals surface area contributed by atoms with Crippen LogP contribution in [-0.2, 0) is 6.42 Å². The minimum Gasteiger partial charge on any atom is -0.496 e. The quantitative estimate of drug-likeness (QED) is 0.910. The number of anilines is 1. The average molecular weight is 275 g/mol. The number of benzene rings is 1. The largest absolute Gasteiger partial charge is 0.496 e. The van der Waals surface area contributed by atoms with Crippen molar-refractivity contribution in [2.75, 3.05) is 45.7 Å². The molecule has 1 aromatic carbocycles. The number of likely N-dealkylation sites (N-methyl/N-ethyl adjacent to an activating group) is 1. The SMILES string of the molecule is COc1c(C2CC(CN)CN2C)ccc2c1CCN2C. The predicted molar refractivity (Wildman–Crippen MR) is 82.5 cm³/mol. The molecule has 110 valence electrons. The van der Waals surface area contributed by atoms with Gasteiger partial charge in [0.25, 0.3) is 0 Å². The molecule has 1 aromatic rings.